The molecule has 0 saturated heterocycles. The topological polar surface area (TPSA) is 56.5 Å². The second kappa shape index (κ2) is 8.96. The third-order valence-electron chi connectivity index (χ3n) is 7.97. The maximum Gasteiger partial charge on any atom is 0.534 e. The monoisotopic (exact) mass is 592 g/mol. The van der Waals surface area contributed by atoms with Crippen LogP contribution in [0.4, 0.5) is 13.2 Å². The van der Waals surface area contributed by atoms with Gasteiger partial charge in [0, 0.05) is 16.5 Å². The Morgan fingerprint density at radius 3 is 1.95 bits per heavy atom. The molecule has 1 heterocycles. The highest BCUT2D eigenvalue weighted by Gasteiger charge is 2.49. The van der Waals surface area contributed by atoms with Crippen LogP contribution in [0.5, 0.6) is 5.75 Å². The van der Waals surface area contributed by atoms with Gasteiger partial charge in [-0.2, -0.15) is 21.6 Å². The Kier molecular flexibility index (Phi) is 5.34. The van der Waals surface area contributed by atoms with Crippen molar-refractivity contribution in [3.05, 3.63) is 115 Å². The second-order valence-corrected chi connectivity index (χ2v) is 12.0. The van der Waals surface area contributed by atoms with E-state index in [-0.39, 0.29) is 11.0 Å². The van der Waals surface area contributed by atoms with Gasteiger partial charge < -0.3 is 8.60 Å². The summed E-state index contributed by atoms with van der Waals surface area (Å²) in [5.74, 6) is -0.458. The molecule has 0 radical (unpaired) electrons. The maximum absolute atomic E-state index is 13.5. The summed E-state index contributed by atoms with van der Waals surface area (Å²) in [7, 11) is -5.94. The van der Waals surface area contributed by atoms with E-state index in [1.165, 1.54) is 6.07 Å². The first-order valence-corrected chi connectivity index (χ1v) is 14.8. The molecule has 0 N–H and O–H groups in total. The second-order valence-electron chi connectivity index (χ2n) is 10.5. The van der Waals surface area contributed by atoms with Crippen molar-refractivity contribution in [2.45, 2.75) is 5.51 Å². The predicted molar refractivity (Wildman–Crippen MR) is 165 cm³/mol. The number of fused-ring (bicyclic) bond motifs is 8. The zero-order valence-electron chi connectivity index (χ0n) is 22.1. The summed E-state index contributed by atoms with van der Waals surface area (Å²) in [5, 5.41) is 8.18. The van der Waals surface area contributed by atoms with Gasteiger partial charge in [0.05, 0.1) is 5.39 Å². The molecule has 8 aromatic rings. The normalized spacial score (nSPS) is 12.7. The number of benzene rings is 7. The molecular weight excluding hydrogens is 573 g/mol. The van der Waals surface area contributed by atoms with E-state index < -0.39 is 21.4 Å². The SMILES string of the molecule is O=S(=O)(Oc1ccc(-c2c3ccccc3cc3c2ccc2ccccc23)c2oc3cc4ccccc4cc3c12)C(F)(F)F. The molecule has 0 amide bonds. The fourth-order valence-corrected chi connectivity index (χ4v) is 6.55. The molecule has 8 rings (SSSR count). The van der Waals surface area contributed by atoms with E-state index in [1.54, 1.807) is 18.2 Å². The minimum atomic E-state index is -5.94. The van der Waals surface area contributed by atoms with Crippen molar-refractivity contribution in [2.75, 3.05) is 0 Å². The Morgan fingerprint density at radius 1 is 0.581 bits per heavy atom. The van der Waals surface area contributed by atoms with Gasteiger partial charge in [-0.1, -0.05) is 84.9 Å². The van der Waals surface area contributed by atoms with Crippen LogP contribution >= 0.6 is 0 Å². The van der Waals surface area contributed by atoms with E-state index in [1.807, 2.05) is 78.9 Å². The molecule has 8 heteroatoms. The Bertz CT molecular complexity index is 2550. The van der Waals surface area contributed by atoms with E-state index in [9.17, 15) is 21.6 Å². The number of alkyl halides is 3. The molecule has 7 aromatic carbocycles. The van der Waals surface area contributed by atoms with Gasteiger partial charge in [0.2, 0.25) is 0 Å². The quantitative estimate of drug-likeness (QED) is 0.0887. The number of halogens is 3. The fraction of sp³-hybridized carbons (Fsp3) is 0.0286. The summed E-state index contributed by atoms with van der Waals surface area (Å²) in [4.78, 5) is 0. The van der Waals surface area contributed by atoms with Crippen molar-refractivity contribution in [1.29, 1.82) is 0 Å². The lowest BCUT2D eigenvalue weighted by Crippen LogP contribution is -2.28. The molecule has 0 unspecified atom stereocenters. The Balaban J connectivity index is 1.53. The van der Waals surface area contributed by atoms with E-state index in [0.717, 1.165) is 48.7 Å². The zero-order chi connectivity index (χ0) is 29.5. The van der Waals surface area contributed by atoms with Gasteiger partial charge >= 0.3 is 15.6 Å². The molecule has 210 valence electrons. The number of hydrogen-bond donors (Lipinski definition) is 0. The van der Waals surface area contributed by atoms with Gasteiger partial charge in [-0.3, -0.25) is 0 Å². The average Bonchev–Trinajstić information content (AvgIpc) is 3.37. The molecule has 0 fully saturated rings. The van der Waals surface area contributed by atoms with E-state index in [0.29, 0.717) is 16.5 Å². The van der Waals surface area contributed by atoms with Gasteiger partial charge in [-0.15, -0.1) is 0 Å². The largest absolute Gasteiger partial charge is 0.534 e. The predicted octanol–water partition coefficient (Wildman–Crippen LogP) is 10.1. The Morgan fingerprint density at radius 2 is 1.21 bits per heavy atom. The minimum Gasteiger partial charge on any atom is -0.455 e. The molecule has 0 aliphatic carbocycles. The standard InChI is InChI=1S/C35H19F3O4S/c36-35(37,38)43(39,40)42-30-16-15-27(34-33(30)29-17-21-8-1-2-9-22(21)19-31(29)41-34)32-25-12-6-4-10-23(25)18-28-24-11-5-3-7-20(24)13-14-26(28)32/h1-19H. The van der Waals surface area contributed by atoms with Crippen LogP contribution in [0.15, 0.2) is 120 Å². The summed E-state index contributed by atoms with van der Waals surface area (Å²) in [6.07, 6.45) is 0. The van der Waals surface area contributed by atoms with Crippen LogP contribution in [0, 0.1) is 0 Å². The number of rotatable bonds is 3. The van der Waals surface area contributed by atoms with Gasteiger partial charge in [-0.25, -0.2) is 0 Å². The van der Waals surface area contributed by atoms with Crippen molar-refractivity contribution in [3.63, 3.8) is 0 Å². The highest BCUT2D eigenvalue weighted by molar-refractivity contribution is 7.88. The van der Waals surface area contributed by atoms with Crippen LogP contribution in [0.3, 0.4) is 0 Å². The summed E-state index contributed by atoms with van der Waals surface area (Å²) in [6, 6.07) is 36.0. The van der Waals surface area contributed by atoms with Gasteiger partial charge in [0.25, 0.3) is 0 Å². The third-order valence-corrected chi connectivity index (χ3v) is 8.94. The number of hydrogen-bond acceptors (Lipinski definition) is 4. The van der Waals surface area contributed by atoms with Crippen LogP contribution in [0.2, 0.25) is 0 Å². The lowest BCUT2D eigenvalue weighted by Gasteiger charge is -2.15. The molecule has 43 heavy (non-hydrogen) atoms. The van der Waals surface area contributed by atoms with Gasteiger partial charge in [0.1, 0.15) is 11.2 Å². The van der Waals surface area contributed by atoms with Crippen LogP contribution in [-0.4, -0.2) is 13.9 Å². The van der Waals surface area contributed by atoms with E-state index in [2.05, 4.69) is 12.1 Å². The highest BCUT2D eigenvalue weighted by Crippen LogP contribution is 2.47. The van der Waals surface area contributed by atoms with Crippen molar-refractivity contribution in [2.24, 2.45) is 0 Å². The van der Waals surface area contributed by atoms with E-state index >= 15 is 0 Å². The van der Waals surface area contributed by atoms with Crippen LogP contribution in [0.25, 0.3) is 76.2 Å². The molecule has 0 bridgehead atoms. The minimum absolute atomic E-state index is 0.146. The summed E-state index contributed by atoms with van der Waals surface area (Å²) in [5.41, 5.74) is -3.56. The average molecular weight is 593 g/mol. The first-order valence-electron chi connectivity index (χ1n) is 13.4. The van der Waals surface area contributed by atoms with Gasteiger partial charge in [0.15, 0.2) is 5.75 Å². The van der Waals surface area contributed by atoms with Crippen LogP contribution in [-0.2, 0) is 10.1 Å². The fourth-order valence-electron chi connectivity index (χ4n) is 6.08. The molecular formula is C35H19F3O4S. The molecule has 1 aromatic heterocycles. The Labute approximate surface area is 242 Å². The zero-order valence-corrected chi connectivity index (χ0v) is 23.0. The molecule has 0 aliphatic heterocycles. The summed E-state index contributed by atoms with van der Waals surface area (Å²) in [6.45, 7) is 0. The Hall–Kier alpha value is -5.08. The lowest BCUT2D eigenvalue weighted by molar-refractivity contribution is -0.0499. The van der Waals surface area contributed by atoms with E-state index in [4.69, 9.17) is 8.60 Å². The van der Waals surface area contributed by atoms with Crippen LogP contribution in [0.1, 0.15) is 0 Å². The molecule has 4 nitrogen and oxygen atoms in total. The van der Waals surface area contributed by atoms with Gasteiger partial charge in [-0.05, 0) is 73.4 Å². The first kappa shape index (κ1) is 25.6. The third kappa shape index (κ3) is 3.87. The molecule has 0 aliphatic rings. The van der Waals surface area contributed by atoms with Crippen molar-refractivity contribution < 1.29 is 30.2 Å². The number of furan rings is 1. The highest BCUT2D eigenvalue weighted by atomic mass is 32.2. The molecule has 0 atom stereocenters. The van der Waals surface area contributed by atoms with Crippen molar-refractivity contribution in [1.82, 2.24) is 0 Å². The lowest BCUT2D eigenvalue weighted by atomic mass is 9.89. The van der Waals surface area contributed by atoms with Crippen molar-refractivity contribution in [3.8, 4) is 16.9 Å². The maximum atomic E-state index is 13.5. The molecule has 0 saturated carbocycles. The summed E-state index contributed by atoms with van der Waals surface area (Å²) < 4.78 is 75.9. The first-order chi connectivity index (χ1) is 20.7. The van der Waals surface area contributed by atoms with Crippen LogP contribution < -0.4 is 4.18 Å². The summed E-state index contributed by atoms with van der Waals surface area (Å²) >= 11 is 0. The smallest absolute Gasteiger partial charge is 0.455 e. The molecule has 0 spiro atoms. The van der Waals surface area contributed by atoms with Crippen molar-refractivity contribution >= 4 is 75.1 Å².